The minimum absolute atomic E-state index is 0.0707. The third kappa shape index (κ3) is 8.14. The van der Waals surface area contributed by atoms with E-state index in [9.17, 15) is 14.7 Å². The van der Waals surface area contributed by atoms with E-state index >= 15 is 0 Å². The van der Waals surface area contributed by atoms with Crippen LogP contribution in [0.3, 0.4) is 0 Å². The maximum Gasteiger partial charge on any atom is 0.301 e. The lowest BCUT2D eigenvalue weighted by atomic mass is 9.95. The second-order valence-electron chi connectivity index (χ2n) is 11.4. The molecule has 0 saturated carbocycles. The van der Waals surface area contributed by atoms with E-state index in [1.165, 1.54) is 28.0 Å². The molecule has 12 heteroatoms. The monoisotopic (exact) mass is 707 g/mol. The zero-order valence-corrected chi connectivity index (χ0v) is 29.7. The van der Waals surface area contributed by atoms with Crippen molar-refractivity contribution in [1.29, 1.82) is 0 Å². The molecule has 0 aliphatic carbocycles. The number of ketones is 1. The van der Waals surface area contributed by atoms with Crippen molar-refractivity contribution < 1.29 is 28.9 Å². The number of anilines is 1. The summed E-state index contributed by atoms with van der Waals surface area (Å²) < 4.78 is 18.3. The van der Waals surface area contributed by atoms with E-state index in [1.54, 1.807) is 42.5 Å². The van der Waals surface area contributed by atoms with Crippen molar-refractivity contribution in [3.8, 4) is 17.2 Å². The summed E-state index contributed by atoms with van der Waals surface area (Å²) >= 11 is 8.95. The fourth-order valence-electron chi connectivity index (χ4n) is 5.03. The largest absolute Gasteiger partial charge is 0.507 e. The first kappa shape index (κ1) is 35.3. The van der Waals surface area contributed by atoms with Gasteiger partial charge in [0.25, 0.3) is 5.78 Å². The standard InChI is InChI=1S/C36H38ClN3O6S2/c1-5-18-45-26-14-11-23(12-15-26)32(41)30-31(24-13-16-28(29(20-24)44-6-2)46-19-17-22(3)4)40(34(43)33(30)42)35-38-39-36(48-35)47-21-25-9-7-8-10-27(25)37/h7-16,20,22,31,41H,5-6,17-19,21H2,1-4H3/b32-30+. The quantitative estimate of drug-likeness (QED) is 0.0426. The Labute approximate surface area is 293 Å². The van der Waals surface area contributed by atoms with Gasteiger partial charge in [-0.05, 0) is 79.3 Å². The highest BCUT2D eigenvalue weighted by atomic mass is 35.5. The van der Waals surface area contributed by atoms with E-state index < -0.39 is 17.7 Å². The van der Waals surface area contributed by atoms with E-state index in [4.69, 9.17) is 25.8 Å². The summed E-state index contributed by atoms with van der Waals surface area (Å²) in [7, 11) is 0. The van der Waals surface area contributed by atoms with Gasteiger partial charge in [-0.15, -0.1) is 10.2 Å². The Morgan fingerprint density at radius 1 is 0.979 bits per heavy atom. The fraction of sp³-hybridized carbons (Fsp3) is 0.333. The van der Waals surface area contributed by atoms with Gasteiger partial charge in [-0.3, -0.25) is 14.5 Å². The molecule has 9 nitrogen and oxygen atoms in total. The Kier molecular flexibility index (Phi) is 12.0. The third-order valence-electron chi connectivity index (χ3n) is 7.49. The second-order valence-corrected chi connectivity index (χ2v) is 14.0. The Morgan fingerprint density at radius 2 is 1.75 bits per heavy atom. The minimum atomic E-state index is -1.01. The number of ether oxygens (including phenoxy) is 3. The van der Waals surface area contributed by atoms with Crippen LogP contribution < -0.4 is 19.1 Å². The van der Waals surface area contributed by atoms with E-state index in [1.807, 2.05) is 38.1 Å². The number of carbonyl (C=O) groups is 2. The predicted molar refractivity (Wildman–Crippen MR) is 190 cm³/mol. The molecule has 1 aliphatic rings. The van der Waals surface area contributed by atoms with Crippen LogP contribution in [0.1, 0.15) is 63.3 Å². The van der Waals surface area contributed by atoms with Gasteiger partial charge in [0.1, 0.15) is 11.5 Å². The van der Waals surface area contributed by atoms with Crippen molar-refractivity contribution in [2.75, 3.05) is 24.7 Å². The van der Waals surface area contributed by atoms with E-state index in [0.717, 1.165) is 18.4 Å². The summed E-state index contributed by atoms with van der Waals surface area (Å²) in [4.78, 5) is 28.9. The zero-order chi connectivity index (χ0) is 34.2. The molecule has 1 saturated heterocycles. The normalized spacial score (nSPS) is 15.7. The zero-order valence-electron chi connectivity index (χ0n) is 27.3. The topological polar surface area (TPSA) is 111 Å². The molecule has 1 aliphatic heterocycles. The highest BCUT2D eigenvalue weighted by Crippen LogP contribution is 2.46. The minimum Gasteiger partial charge on any atom is -0.507 e. The van der Waals surface area contributed by atoms with Gasteiger partial charge in [0.15, 0.2) is 15.8 Å². The van der Waals surface area contributed by atoms with Crippen molar-refractivity contribution in [3.05, 3.63) is 94.0 Å². The van der Waals surface area contributed by atoms with Crippen LogP contribution in [0, 0.1) is 5.92 Å². The highest BCUT2D eigenvalue weighted by molar-refractivity contribution is 8.00. The Morgan fingerprint density at radius 3 is 2.46 bits per heavy atom. The van der Waals surface area contributed by atoms with Crippen molar-refractivity contribution >= 4 is 57.3 Å². The molecule has 1 atom stereocenters. The van der Waals surface area contributed by atoms with E-state index in [0.29, 0.717) is 69.2 Å². The number of aliphatic hydroxyl groups excluding tert-OH is 1. The van der Waals surface area contributed by atoms with Gasteiger partial charge < -0.3 is 19.3 Å². The smallest absolute Gasteiger partial charge is 0.301 e. The lowest BCUT2D eigenvalue weighted by molar-refractivity contribution is -0.132. The van der Waals surface area contributed by atoms with Gasteiger partial charge in [-0.2, -0.15) is 0 Å². The third-order valence-corrected chi connectivity index (χ3v) is 9.97. The number of thioether (sulfide) groups is 1. The summed E-state index contributed by atoms with van der Waals surface area (Å²) in [6.45, 7) is 9.56. The molecule has 1 amide bonds. The number of carbonyl (C=O) groups excluding carboxylic acids is 2. The summed E-state index contributed by atoms with van der Waals surface area (Å²) in [5, 5.41) is 21.1. The molecule has 0 spiro atoms. The van der Waals surface area contributed by atoms with Crippen LogP contribution in [-0.4, -0.2) is 46.8 Å². The number of aliphatic hydroxyl groups is 1. The number of nitrogens with zero attached hydrogens (tertiary/aromatic N) is 3. The average Bonchev–Trinajstić information content (AvgIpc) is 3.65. The van der Waals surface area contributed by atoms with Gasteiger partial charge >= 0.3 is 5.91 Å². The number of aromatic nitrogens is 2. The number of hydrogen-bond donors (Lipinski definition) is 1. The summed E-state index contributed by atoms with van der Waals surface area (Å²) in [5.41, 5.74) is 1.78. The van der Waals surface area contributed by atoms with Crippen LogP contribution in [0.4, 0.5) is 5.13 Å². The second kappa shape index (κ2) is 16.4. The molecule has 5 rings (SSSR count). The first-order valence-electron chi connectivity index (χ1n) is 15.8. The molecular weight excluding hydrogens is 670 g/mol. The molecule has 48 heavy (non-hydrogen) atoms. The van der Waals surface area contributed by atoms with Gasteiger partial charge in [0.2, 0.25) is 5.13 Å². The Bertz CT molecular complexity index is 1780. The molecule has 252 valence electrons. The molecule has 0 radical (unpaired) electrons. The lowest BCUT2D eigenvalue weighted by Crippen LogP contribution is -2.29. The highest BCUT2D eigenvalue weighted by Gasteiger charge is 2.48. The number of Topliss-reactive ketones (excluding diaryl/α,β-unsaturated/α-hetero) is 1. The van der Waals surface area contributed by atoms with Crippen LogP contribution >= 0.6 is 34.7 Å². The van der Waals surface area contributed by atoms with Crippen molar-refractivity contribution in [2.45, 2.75) is 56.7 Å². The SMILES string of the molecule is CCCOc1ccc(/C(O)=C2\C(=O)C(=O)N(c3nnc(SCc4ccccc4Cl)s3)C2c2ccc(OCCC(C)C)c(OCC)c2)cc1. The van der Waals surface area contributed by atoms with Gasteiger partial charge in [-0.25, -0.2) is 0 Å². The van der Waals surface area contributed by atoms with Gasteiger partial charge in [-0.1, -0.05) is 79.7 Å². The lowest BCUT2D eigenvalue weighted by Gasteiger charge is -2.24. The molecule has 0 bridgehead atoms. The molecule has 4 aromatic rings. The molecular formula is C36H38ClN3O6S2. The van der Waals surface area contributed by atoms with Crippen molar-refractivity contribution in [3.63, 3.8) is 0 Å². The van der Waals surface area contributed by atoms with Crippen LogP contribution in [-0.2, 0) is 15.3 Å². The van der Waals surface area contributed by atoms with Crippen LogP contribution in [0.2, 0.25) is 5.02 Å². The number of benzene rings is 3. The molecule has 1 aromatic heterocycles. The number of rotatable bonds is 15. The van der Waals surface area contributed by atoms with Crippen molar-refractivity contribution in [1.82, 2.24) is 10.2 Å². The number of hydrogen-bond acceptors (Lipinski definition) is 10. The average molecular weight is 708 g/mol. The molecule has 1 fully saturated rings. The Hall–Kier alpha value is -4.06. The summed E-state index contributed by atoms with van der Waals surface area (Å²) in [5.74, 6) is 0.700. The predicted octanol–water partition coefficient (Wildman–Crippen LogP) is 8.72. The summed E-state index contributed by atoms with van der Waals surface area (Å²) in [6.07, 6.45) is 1.71. The maximum absolute atomic E-state index is 13.8. The maximum atomic E-state index is 13.8. The number of halogens is 1. The van der Waals surface area contributed by atoms with Gasteiger partial charge in [0, 0.05) is 16.3 Å². The molecule has 1 unspecified atom stereocenters. The number of amides is 1. The first-order valence-corrected chi connectivity index (χ1v) is 18.0. The summed E-state index contributed by atoms with van der Waals surface area (Å²) in [6, 6.07) is 18.6. The molecule has 2 heterocycles. The fourth-order valence-corrected chi connectivity index (χ4v) is 7.18. The molecule has 3 aromatic carbocycles. The van der Waals surface area contributed by atoms with Crippen molar-refractivity contribution in [2.24, 2.45) is 5.92 Å². The van der Waals surface area contributed by atoms with Gasteiger partial charge in [0.05, 0.1) is 31.4 Å². The van der Waals surface area contributed by atoms with Crippen LogP contribution in [0.15, 0.2) is 76.6 Å². The molecule has 1 N–H and O–H groups in total. The first-order chi connectivity index (χ1) is 23.2. The van der Waals surface area contributed by atoms with Crippen LogP contribution in [0.5, 0.6) is 17.2 Å². The Balaban J connectivity index is 1.55. The van der Waals surface area contributed by atoms with Crippen LogP contribution in [0.25, 0.3) is 5.76 Å². The van der Waals surface area contributed by atoms with E-state index in [-0.39, 0.29) is 16.5 Å². The van der Waals surface area contributed by atoms with E-state index in [2.05, 4.69) is 24.0 Å².